The molecule has 1 fully saturated rings. The number of nitrogens with zero attached hydrogens (tertiary/aromatic N) is 2. The van der Waals surface area contributed by atoms with Gasteiger partial charge in [0.1, 0.15) is 12.6 Å². The molecule has 0 radical (unpaired) electrons. The zero-order chi connectivity index (χ0) is 13.9. The third-order valence-electron chi connectivity index (χ3n) is 2.93. The highest BCUT2D eigenvalue weighted by atomic mass is 16.5. The molecular weight excluding hydrogens is 232 g/mol. The summed E-state index contributed by atoms with van der Waals surface area (Å²) in [4.78, 5) is 27.2. The van der Waals surface area contributed by atoms with Gasteiger partial charge >= 0.3 is 0 Å². The lowest BCUT2D eigenvalue weighted by Gasteiger charge is -2.27. The molecule has 1 rings (SSSR count). The lowest BCUT2D eigenvalue weighted by molar-refractivity contribution is -0.148. The van der Waals surface area contributed by atoms with Crippen LogP contribution in [0.2, 0.25) is 0 Å². The van der Waals surface area contributed by atoms with Gasteiger partial charge < -0.3 is 14.5 Å². The van der Waals surface area contributed by atoms with Crippen LogP contribution in [0.3, 0.4) is 0 Å². The Morgan fingerprint density at radius 3 is 2.44 bits per heavy atom. The predicted octanol–water partition coefficient (Wildman–Crippen LogP) is 0.881. The van der Waals surface area contributed by atoms with Gasteiger partial charge in [-0.15, -0.1) is 0 Å². The summed E-state index contributed by atoms with van der Waals surface area (Å²) in [6, 6.07) is -0.309. The highest BCUT2D eigenvalue weighted by Gasteiger charge is 2.35. The number of ether oxygens (including phenoxy) is 1. The van der Waals surface area contributed by atoms with Gasteiger partial charge in [-0.1, -0.05) is 0 Å². The van der Waals surface area contributed by atoms with E-state index in [1.807, 2.05) is 20.8 Å². The second-order valence-electron chi connectivity index (χ2n) is 5.88. The van der Waals surface area contributed by atoms with E-state index in [0.717, 1.165) is 12.8 Å². The van der Waals surface area contributed by atoms with Crippen LogP contribution in [0.4, 0.5) is 0 Å². The largest absolute Gasteiger partial charge is 0.366 e. The molecule has 0 saturated carbocycles. The van der Waals surface area contributed by atoms with E-state index in [-0.39, 0.29) is 30.1 Å². The first-order valence-electron chi connectivity index (χ1n) is 6.37. The van der Waals surface area contributed by atoms with Gasteiger partial charge in [0.25, 0.3) is 0 Å². The van der Waals surface area contributed by atoms with Crippen LogP contribution in [0.15, 0.2) is 0 Å². The molecule has 5 heteroatoms. The minimum absolute atomic E-state index is 0.00314. The lowest BCUT2D eigenvalue weighted by Crippen LogP contribution is -2.47. The van der Waals surface area contributed by atoms with Crippen molar-refractivity contribution >= 4 is 11.8 Å². The smallest absolute Gasteiger partial charge is 0.249 e. The van der Waals surface area contributed by atoms with Gasteiger partial charge in [-0.25, -0.2) is 0 Å². The topological polar surface area (TPSA) is 49.9 Å². The number of hydrogen-bond acceptors (Lipinski definition) is 3. The van der Waals surface area contributed by atoms with E-state index in [2.05, 4.69) is 0 Å². The van der Waals surface area contributed by atoms with Gasteiger partial charge in [0.05, 0.1) is 5.60 Å². The molecule has 1 unspecified atom stereocenters. The monoisotopic (exact) mass is 256 g/mol. The molecule has 1 saturated heterocycles. The third kappa shape index (κ3) is 3.98. The van der Waals surface area contributed by atoms with Crippen LogP contribution in [0.25, 0.3) is 0 Å². The Hall–Kier alpha value is -1.10. The summed E-state index contributed by atoms with van der Waals surface area (Å²) in [5, 5.41) is 0. The van der Waals surface area contributed by atoms with Gasteiger partial charge in [-0.3, -0.25) is 9.59 Å². The minimum Gasteiger partial charge on any atom is -0.366 e. The Morgan fingerprint density at radius 2 is 1.94 bits per heavy atom. The molecule has 0 spiro atoms. The lowest BCUT2D eigenvalue weighted by atomic mass is 10.2. The number of likely N-dealkylation sites (N-methyl/N-ethyl adjacent to an activating group) is 1. The van der Waals surface area contributed by atoms with E-state index in [0.29, 0.717) is 6.54 Å². The van der Waals surface area contributed by atoms with Crippen molar-refractivity contribution in [2.24, 2.45) is 0 Å². The van der Waals surface area contributed by atoms with Gasteiger partial charge in [0, 0.05) is 20.6 Å². The van der Waals surface area contributed by atoms with Crippen molar-refractivity contribution in [3.05, 3.63) is 0 Å². The van der Waals surface area contributed by atoms with Crippen molar-refractivity contribution in [1.82, 2.24) is 9.80 Å². The SMILES string of the molecule is CN(C)C(=O)C1CCCN1C(=O)COC(C)(C)C. The zero-order valence-electron chi connectivity index (χ0n) is 12.0. The molecule has 5 nitrogen and oxygen atoms in total. The molecule has 0 aromatic carbocycles. The minimum atomic E-state index is -0.337. The zero-order valence-corrected chi connectivity index (χ0v) is 12.0. The van der Waals surface area contributed by atoms with E-state index in [1.54, 1.807) is 23.9 Å². The molecule has 0 bridgehead atoms. The van der Waals surface area contributed by atoms with Crippen molar-refractivity contribution in [1.29, 1.82) is 0 Å². The maximum atomic E-state index is 12.1. The van der Waals surface area contributed by atoms with Crippen LogP contribution >= 0.6 is 0 Å². The van der Waals surface area contributed by atoms with Crippen LogP contribution in [0.1, 0.15) is 33.6 Å². The van der Waals surface area contributed by atoms with Crippen LogP contribution in [-0.4, -0.2) is 60.5 Å². The maximum absolute atomic E-state index is 12.1. The van der Waals surface area contributed by atoms with E-state index in [9.17, 15) is 9.59 Å². The average molecular weight is 256 g/mol. The Bertz CT molecular complexity index is 321. The Morgan fingerprint density at radius 1 is 1.33 bits per heavy atom. The quantitative estimate of drug-likeness (QED) is 0.753. The summed E-state index contributed by atoms with van der Waals surface area (Å²) in [7, 11) is 3.43. The summed E-state index contributed by atoms with van der Waals surface area (Å²) in [5.74, 6) is -0.0979. The van der Waals surface area contributed by atoms with Gasteiger partial charge in [-0.05, 0) is 33.6 Å². The highest BCUT2D eigenvalue weighted by Crippen LogP contribution is 2.19. The second-order valence-corrected chi connectivity index (χ2v) is 5.88. The van der Waals surface area contributed by atoms with Gasteiger partial charge in [0.2, 0.25) is 11.8 Å². The first kappa shape index (κ1) is 15.0. The fourth-order valence-corrected chi connectivity index (χ4v) is 1.98. The molecule has 1 atom stereocenters. The number of carbonyl (C=O) groups is 2. The van der Waals surface area contributed by atoms with Crippen LogP contribution in [-0.2, 0) is 14.3 Å². The molecule has 1 aliphatic heterocycles. The standard InChI is InChI=1S/C13H24N2O3/c1-13(2,3)18-9-11(16)15-8-6-7-10(15)12(17)14(4)5/h10H,6-9H2,1-5H3. The van der Waals surface area contributed by atoms with Gasteiger partial charge in [-0.2, -0.15) is 0 Å². The van der Waals surface area contributed by atoms with E-state index >= 15 is 0 Å². The summed E-state index contributed by atoms with van der Waals surface area (Å²) < 4.78 is 5.48. The average Bonchev–Trinajstić information content (AvgIpc) is 2.72. The molecule has 1 heterocycles. The Kier molecular flexibility index (Phi) is 4.73. The number of amides is 2. The van der Waals surface area contributed by atoms with E-state index in [1.165, 1.54) is 0 Å². The van der Waals surface area contributed by atoms with Crippen LogP contribution < -0.4 is 0 Å². The number of carbonyl (C=O) groups excluding carboxylic acids is 2. The molecule has 0 N–H and O–H groups in total. The summed E-state index contributed by atoms with van der Waals surface area (Å²) in [5.41, 5.74) is -0.337. The summed E-state index contributed by atoms with van der Waals surface area (Å²) >= 11 is 0. The van der Waals surface area contributed by atoms with Crippen molar-refractivity contribution in [3.8, 4) is 0 Å². The highest BCUT2D eigenvalue weighted by molar-refractivity contribution is 5.88. The number of hydrogen-bond donors (Lipinski definition) is 0. The van der Waals surface area contributed by atoms with E-state index < -0.39 is 0 Å². The molecule has 0 aromatic rings. The fraction of sp³-hybridized carbons (Fsp3) is 0.846. The molecule has 104 valence electrons. The molecule has 0 aromatic heterocycles. The Balaban J connectivity index is 2.59. The van der Waals surface area contributed by atoms with Crippen molar-refractivity contribution in [3.63, 3.8) is 0 Å². The third-order valence-corrected chi connectivity index (χ3v) is 2.93. The van der Waals surface area contributed by atoms with Crippen molar-refractivity contribution in [2.45, 2.75) is 45.3 Å². The number of rotatable bonds is 3. The van der Waals surface area contributed by atoms with E-state index in [4.69, 9.17) is 4.74 Å². The molecule has 1 aliphatic rings. The molecule has 0 aliphatic carbocycles. The van der Waals surface area contributed by atoms with Crippen LogP contribution in [0, 0.1) is 0 Å². The first-order valence-corrected chi connectivity index (χ1v) is 6.37. The van der Waals surface area contributed by atoms with Crippen molar-refractivity contribution in [2.75, 3.05) is 27.2 Å². The fourth-order valence-electron chi connectivity index (χ4n) is 1.98. The Labute approximate surface area is 109 Å². The van der Waals surface area contributed by atoms with Gasteiger partial charge in [0.15, 0.2) is 0 Å². The molecule has 2 amide bonds. The molecular formula is C13H24N2O3. The summed E-state index contributed by atoms with van der Waals surface area (Å²) in [6.07, 6.45) is 1.63. The second kappa shape index (κ2) is 5.69. The maximum Gasteiger partial charge on any atom is 0.249 e. The molecule has 18 heavy (non-hydrogen) atoms. The number of likely N-dealkylation sites (tertiary alicyclic amines) is 1. The summed E-state index contributed by atoms with van der Waals surface area (Å²) in [6.45, 7) is 6.42. The van der Waals surface area contributed by atoms with Crippen molar-refractivity contribution < 1.29 is 14.3 Å². The predicted molar refractivity (Wildman–Crippen MR) is 69.1 cm³/mol. The normalized spacial score (nSPS) is 20.1. The first-order chi connectivity index (χ1) is 8.22. The van der Waals surface area contributed by atoms with Crippen LogP contribution in [0.5, 0.6) is 0 Å².